The predicted molar refractivity (Wildman–Crippen MR) is 112 cm³/mol. The van der Waals surface area contributed by atoms with Crippen molar-refractivity contribution in [3.05, 3.63) is 17.3 Å². The zero-order valence-corrected chi connectivity index (χ0v) is 17.7. The molecule has 1 amide bonds. The molecule has 2 aromatic heterocycles. The van der Waals surface area contributed by atoms with Gasteiger partial charge < -0.3 is 10.6 Å². The summed E-state index contributed by atoms with van der Waals surface area (Å²) >= 11 is 1.67. The van der Waals surface area contributed by atoms with Gasteiger partial charge in [-0.2, -0.15) is 0 Å². The first-order chi connectivity index (χ1) is 12.8. The number of anilines is 1. The van der Waals surface area contributed by atoms with Crippen LogP contribution in [0.15, 0.2) is 11.4 Å². The molecule has 2 aromatic rings. The molecule has 0 radical (unpaired) electrons. The van der Waals surface area contributed by atoms with E-state index in [1.54, 1.807) is 11.3 Å². The van der Waals surface area contributed by atoms with Gasteiger partial charge >= 0.3 is 0 Å². The molecule has 0 aliphatic carbocycles. The fraction of sp³-hybridized carbons (Fsp3) is 0.650. The topological polar surface area (TPSA) is 70.2 Å². The largest absolute Gasteiger partial charge is 0.369 e. The number of piperidine rings is 1. The van der Waals surface area contributed by atoms with Crippen LogP contribution < -0.4 is 10.6 Å². The molecule has 1 aliphatic rings. The summed E-state index contributed by atoms with van der Waals surface area (Å²) in [5.74, 6) is 2.59. The van der Waals surface area contributed by atoms with Crippen LogP contribution in [0.2, 0.25) is 0 Å². The average Bonchev–Trinajstić information content (AvgIpc) is 3.07. The highest BCUT2D eigenvalue weighted by Crippen LogP contribution is 2.26. The van der Waals surface area contributed by atoms with Crippen molar-refractivity contribution < 1.29 is 4.79 Å². The van der Waals surface area contributed by atoms with Gasteiger partial charge in [-0.05, 0) is 64.1 Å². The summed E-state index contributed by atoms with van der Waals surface area (Å²) in [5, 5.41) is 9.80. The maximum Gasteiger partial charge on any atom is 0.234 e. The number of carbonyl (C=O) groups is 1. The highest BCUT2D eigenvalue weighted by molar-refractivity contribution is 7.16. The maximum absolute atomic E-state index is 12.1. The van der Waals surface area contributed by atoms with Crippen LogP contribution in [0, 0.1) is 5.92 Å². The minimum atomic E-state index is -0.165. The van der Waals surface area contributed by atoms with Crippen molar-refractivity contribution in [2.24, 2.45) is 5.92 Å². The van der Waals surface area contributed by atoms with E-state index in [2.05, 4.69) is 43.9 Å². The lowest BCUT2D eigenvalue weighted by molar-refractivity contribution is -0.124. The van der Waals surface area contributed by atoms with Crippen molar-refractivity contribution in [1.82, 2.24) is 20.2 Å². The third-order valence-electron chi connectivity index (χ3n) is 4.83. The predicted octanol–water partition coefficient (Wildman–Crippen LogP) is 3.29. The lowest BCUT2D eigenvalue weighted by atomic mass is 9.96. The SMILES string of the molecule is CCc1nc(NCC2CCN(CC(=O)NC(C)(C)C)CC2)c2ccsc2n1. The van der Waals surface area contributed by atoms with Crippen LogP contribution in [0.1, 0.15) is 46.4 Å². The van der Waals surface area contributed by atoms with Gasteiger partial charge in [-0.25, -0.2) is 9.97 Å². The van der Waals surface area contributed by atoms with E-state index in [0.717, 1.165) is 60.8 Å². The summed E-state index contributed by atoms with van der Waals surface area (Å²) < 4.78 is 0. The molecular formula is C20H31N5OS. The first-order valence-electron chi connectivity index (χ1n) is 9.85. The van der Waals surface area contributed by atoms with Gasteiger partial charge in [0.15, 0.2) is 0 Å². The summed E-state index contributed by atoms with van der Waals surface area (Å²) in [7, 11) is 0. The second kappa shape index (κ2) is 8.52. The van der Waals surface area contributed by atoms with Crippen LogP contribution >= 0.6 is 11.3 Å². The Morgan fingerprint density at radius 3 is 2.70 bits per heavy atom. The van der Waals surface area contributed by atoms with Gasteiger partial charge in [-0.15, -0.1) is 11.3 Å². The number of thiophene rings is 1. The Kier molecular flexibility index (Phi) is 6.32. The van der Waals surface area contributed by atoms with E-state index >= 15 is 0 Å². The smallest absolute Gasteiger partial charge is 0.234 e. The van der Waals surface area contributed by atoms with Gasteiger partial charge in [0.2, 0.25) is 5.91 Å². The molecule has 0 saturated carbocycles. The van der Waals surface area contributed by atoms with Crippen molar-refractivity contribution in [1.29, 1.82) is 0 Å². The van der Waals surface area contributed by atoms with Gasteiger partial charge in [0.1, 0.15) is 16.5 Å². The standard InChI is InChI=1S/C20H31N5OS/c1-5-16-22-18(15-8-11-27-19(15)23-16)21-12-14-6-9-25(10-7-14)13-17(26)24-20(2,3)4/h8,11,14H,5-7,9-10,12-13H2,1-4H3,(H,24,26)(H,21,22,23). The lowest BCUT2D eigenvalue weighted by Crippen LogP contribution is -2.47. The van der Waals surface area contributed by atoms with E-state index in [9.17, 15) is 4.79 Å². The number of hydrogen-bond acceptors (Lipinski definition) is 6. The van der Waals surface area contributed by atoms with E-state index in [1.807, 2.05) is 20.8 Å². The monoisotopic (exact) mass is 389 g/mol. The van der Waals surface area contributed by atoms with Crippen molar-refractivity contribution in [2.45, 2.75) is 52.5 Å². The first-order valence-corrected chi connectivity index (χ1v) is 10.7. The molecule has 2 N–H and O–H groups in total. The molecule has 0 bridgehead atoms. The van der Waals surface area contributed by atoms with Gasteiger partial charge in [-0.1, -0.05) is 6.92 Å². The quantitative estimate of drug-likeness (QED) is 0.793. The molecule has 3 heterocycles. The van der Waals surface area contributed by atoms with Gasteiger partial charge in [0.05, 0.1) is 11.9 Å². The van der Waals surface area contributed by atoms with E-state index < -0.39 is 0 Å². The van der Waals surface area contributed by atoms with E-state index in [1.165, 1.54) is 0 Å². The van der Waals surface area contributed by atoms with Gasteiger partial charge in [0.25, 0.3) is 0 Å². The Bertz CT molecular complexity index is 774. The molecule has 1 saturated heterocycles. The van der Waals surface area contributed by atoms with E-state index in [4.69, 9.17) is 0 Å². The Balaban J connectivity index is 1.49. The van der Waals surface area contributed by atoms with E-state index in [0.29, 0.717) is 12.5 Å². The van der Waals surface area contributed by atoms with Crippen LogP contribution in [0.25, 0.3) is 10.2 Å². The number of fused-ring (bicyclic) bond motifs is 1. The zero-order valence-electron chi connectivity index (χ0n) is 16.8. The molecule has 148 valence electrons. The van der Waals surface area contributed by atoms with Crippen LogP contribution in [-0.2, 0) is 11.2 Å². The third-order valence-corrected chi connectivity index (χ3v) is 5.64. The van der Waals surface area contributed by atoms with Crippen LogP contribution in [0.3, 0.4) is 0 Å². The molecule has 0 unspecified atom stereocenters. The first kappa shape index (κ1) is 20.0. The lowest BCUT2D eigenvalue weighted by Gasteiger charge is -2.32. The Hall–Kier alpha value is -1.73. The second-order valence-corrected chi connectivity index (χ2v) is 9.27. The number of amides is 1. The summed E-state index contributed by atoms with van der Waals surface area (Å²) in [6.07, 6.45) is 3.06. The fourth-order valence-electron chi connectivity index (χ4n) is 3.44. The highest BCUT2D eigenvalue weighted by Gasteiger charge is 2.22. The molecule has 6 nitrogen and oxygen atoms in total. The number of hydrogen-bond donors (Lipinski definition) is 2. The Morgan fingerprint density at radius 1 is 1.30 bits per heavy atom. The average molecular weight is 390 g/mol. The number of likely N-dealkylation sites (tertiary alicyclic amines) is 1. The third kappa shape index (κ3) is 5.62. The summed E-state index contributed by atoms with van der Waals surface area (Å²) in [4.78, 5) is 24.7. The van der Waals surface area contributed by atoms with Crippen LogP contribution in [0.5, 0.6) is 0 Å². The zero-order chi connectivity index (χ0) is 19.4. The van der Waals surface area contributed by atoms with E-state index in [-0.39, 0.29) is 11.4 Å². The van der Waals surface area contributed by atoms with Crippen molar-refractivity contribution >= 4 is 33.3 Å². The molecule has 0 aromatic carbocycles. The number of nitrogens with zero attached hydrogens (tertiary/aromatic N) is 3. The fourth-order valence-corrected chi connectivity index (χ4v) is 4.23. The molecule has 1 aliphatic heterocycles. The van der Waals surface area contributed by atoms with Crippen molar-refractivity contribution in [3.8, 4) is 0 Å². The van der Waals surface area contributed by atoms with Crippen molar-refractivity contribution in [3.63, 3.8) is 0 Å². The van der Waals surface area contributed by atoms with Crippen LogP contribution in [0.4, 0.5) is 5.82 Å². The number of aryl methyl sites for hydroxylation is 1. The molecule has 1 fully saturated rings. The number of rotatable bonds is 6. The normalized spacial score (nSPS) is 16.6. The van der Waals surface area contributed by atoms with Gasteiger partial charge in [0, 0.05) is 18.5 Å². The molecule has 0 spiro atoms. The minimum absolute atomic E-state index is 0.118. The van der Waals surface area contributed by atoms with Gasteiger partial charge in [-0.3, -0.25) is 9.69 Å². The minimum Gasteiger partial charge on any atom is -0.369 e. The molecule has 7 heteroatoms. The molecule has 27 heavy (non-hydrogen) atoms. The number of aromatic nitrogens is 2. The number of carbonyl (C=O) groups excluding carboxylic acids is 1. The van der Waals surface area contributed by atoms with Crippen molar-refractivity contribution in [2.75, 3.05) is 31.5 Å². The summed E-state index contributed by atoms with van der Waals surface area (Å²) in [6, 6.07) is 2.10. The summed E-state index contributed by atoms with van der Waals surface area (Å²) in [5.41, 5.74) is -0.165. The van der Waals surface area contributed by atoms with Crippen LogP contribution in [-0.4, -0.2) is 52.5 Å². The molecule has 3 rings (SSSR count). The maximum atomic E-state index is 12.1. The number of nitrogens with one attached hydrogen (secondary N) is 2. The summed E-state index contributed by atoms with van der Waals surface area (Å²) in [6.45, 7) is 11.5. The highest BCUT2D eigenvalue weighted by atomic mass is 32.1. The molecular weight excluding hydrogens is 358 g/mol. The second-order valence-electron chi connectivity index (χ2n) is 8.38. The Morgan fingerprint density at radius 2 is 2.04 bits per heavy atom. The molecule has 0 atom stereocenters. The Labute approximate surface area is 165 Å².